The van der Waals surface area contributed by atoms with Gasteiger partial charge in [-0.1, -0.05) is 12.1 Å². The van der Waals surface area contributed by atoms with E-state index in [4.69, 9.17) is 10.2 Å². The Hall–Kier alpha value is -2.09. The van der Waals surface area contributed by atoms with E-state index in [9.17, 15) is 22.8 Å². The Balaban J connectivity index is 3.05. The van der Waals surface area contributed by atoms with Crippen molar-refractivity contribution >= 4 is 17.6 Å². The number of anilines is 1. The van der Waals surface area contributed by atoms with Gasteiger partial charge in [0, 0.05) is 0 Å². The van der Waals surface area contributed by atoms with Crippen molar-refractivity contribution in [3.8, 4) is 0 Å². The van der Waals surface area contributed by atoms with Crippen LogP contribution in [0.3, 0.4) is 0 Å². The van der Waals surface area contributed by atoms with Gasteiger partial charge < -0.3 is 15.5 Å². The van der Waals surface area contributed by atoms with Crippen molar-refractivity contribution in [3.63, 3.8) is 0 Å². The first kappa shape index (κ1) is 15.0. The summed E-state index contributed by atoms with van der Waals surface area (Å²) >= 11 is 0. The third-order valence-electron chi connectivity index (χ3n) is 2.40. The van der Waals surface area contributed by atoms with Crippen molar-refractivity contribution in [2.45, 2.75) is 18.7 Å². The van der Waals surface area contributed by atoms with E-state index >= 15 is 0 Å². The van der Waals surface area contributed by atoms with Crippen molar-refractivity contribution in [1.29, 1.82) is 0 Å². The molecule has 5 nitrogen and oxygen atoms in total. The van der Waals surface area contributed by atoms with E-state index in [1.165, 1.54) is 12.1 Å². The molecule has 1 aromatic rings. The van der Waals surface area contributed by atoms with Crippen LogP contribution in [0.5, 0.6) is 0 Å². The summed E-state index contributed by atoms with van der Waals surface area (Å²) in [5.74, 6) is -3.17. The quantitative estimate of drug-likeness (QED) is 0.783. The van der Waals surface area contributed by atoms with Crippen LogP contribution in [0.4, 0.5) is 18.9 Å². The Labute approximate surface area is 105 Å². The van der Waals surface area contributed by atoms with E-state index in [1.54, 1.807) is 5.32 Å². The lowest BCUT2D eigenvalue weighted by Crippen LogP contribution is -2.52. The molecule has 0 saturated carbocycles. The fourth-order valence-corrected chi connectivity index (χ4v) is 1.15. The SMILES string of the molecule is CC(O)(C(=O)Nc1ccccc1C(=O)O)C(F)(F)F. The molecule has 1 rings (SSSR count). The molecule has 0 radical (unpaired) electrons. The first-order chi connectivity index (χ1) is 8.57. The maximum absolute atomic E-state index is 12.4. The number of rotatable bonds is 3. The number of halogens is 3. The van der Waals surface area contributed by atoms with E-state index in [0.29, 0.717) is 0 Å². The molecule has 1 amide bonds. The molecule has 0 bridgehead atoms. The molecule has 0 saturated heterocycles. The van der Waals surface area contributed by atoms with Gasteiger partial charge in [0.1, 0.15) is 0 Å². The normalized spacial score (nSPS) is 14.6. The lowest BCUT2D eigenvalue weighted by molar-refractivity contribution is -0.242. The number of hydrogen-bond donors (Lipinski definition) is 3. The first-order valence-corrected chi connectivity index (χ1v) is 5.00. The van der Waals surface area contributed by atoms with Crippen LogP contribution in [0.2, 0.25) is 0 Å². The van der Waals surface area contributed by atoms with Gasteiger partial charge in [0.15, 0.2) is 0 Å². The molecule has 0 aliphatic heterocycles. The molecule has 0 aliphatic carbocycles. The zero-order chi connectivity index (χ0) is 14.8. The van der Waals surface area contributed by atoms with Crippen LogP contribution in [0.1, 0.15) is 17.3 Å². The van der Waals surface area contributed by atoms with Gasteiger partial charge >= 0.3 is 12.1 Å². The smallest absolute Gasteiger partial charge is 0.426 e. The van der Waals surface area contributed by atoms with Crippen LogP contribution < -0.4 is 5.32 Å². The molecule has 19 heavy (non-hydrogen) atoms. The van der Waals surface area contributed by atoms with Crippen molar-refractivity contribution < 1.29 is 33.0 Å². The van der Waals surface area contributed by atoms with Crippen LogP contribution in [0, 0.1) is 0 Å². The highest BCUT2D eigenvalue weighted by Gasteiger charge is 2.55. The number of para-hydroxylation sites is 1. The zero-order valence-corrected chi connectivity index (χ0v) is 9.65. The maximum atomic E-state index is 12.4. The Morgan fingerprint density at radius 2 is 1.74 bits per heavy atom. The number of aromatic carboxylic acids is 1. The van der Waals surface area contributed by atoms with Gasteiger partial charge in [0.05, 0.1) is 11.3 Å². The van der Waals surface area contributed by atoms with E-state index in [0.717, 1.165) is 12.1 Å². The molecule has 8 heteroatoms. The number of nitrogens with one attached hydrogen (secondary N) is 1. The zero-order valence-electron chi connectivity index (χ0n) is 9.65. The van der Waals surface area contributed by atoms with Crippen molar-refractivity contribution in [2.24, 2.45) is 0 Å². The highest BCUT2D eigenvalue weighted by Crippen LogP contribution is 2.31. The van der Waals surface area contributed by atoms with Crippen LogP contribution in [-0.4, -0.2) is 33.9 Å². The Kier molecular flexibility index (Phi) is 3.85. The van der Waals surface area contributed by atoms with E-state index < -0.39 is 23.7 Å². The number of carboxylic acid groups (broad SMARTS) is 1. The van der Waals surface area contributed by atoms with Gasteiger partial charge in [-0.25, -0.2) is 4.79 Å². The van der Waals surface area contributed by atoms with Gasteiger partial charge in [0.25, 0.3) is 5.91 Å². The second kappa shape index (κ2) is 4.88. The van der Waals surface area contributed by atoms with E-state index in [1.807, 2.05) is 0 Å². The number of carboxylic acids is 1. The summed E-state index contributed by atoms with van der Waals surface area (Å²) in [5.41, 5.74) is -4.32. The van der Waals surface area contributed by atoms with Gasteiger partial charge in [0.2, 0.25) is 5.60 Å². The highest BCUT2D eigenvalue weighted by molar-refractivity contribution is 6.03. The number of carbonyl (C=O) groups is 2. The molecular weight excluding hydrogens is 267 g/mol. The Morgan fingerprint density at radius 3 is 2.21 bits per heavy atom. The molecule has 104 valence electrons. The molecule has 1 atom stereocenters. The monoisotopic (exact) mass is 277 g/mol. The molecule has 1 unspecified atom stereocenters. The largest absolute Gasteiger partial charge is 0.478 e. The molecule has 3 N–H and O–H groups in total. The summed E-state index contributed by atoms with van der Waals surface area (Å²) in [6, 6.07) is 4.92. The molecule has 1 aromatic carbocycles. The number of benzene rings is 1. The average Bonchev–Trinajstić information content (AvgIpc) is 2.27. The van der Waals surface area contributed by atoms with Crippen LogP contribution in [-0.2, 0) is 4.79 Å². The van der Waals surface area contributed by atoms with Crippen molar-refractivity contribution in [2.75, 3.05) is 5.32 Å². The summed E-state index contributed by atoms with van der Waals surface area (Å²) in [5, 5.41) is 19.7. The van der Waals surface area contributed by atoms with E-state index in [2.05, 4.69) is 0 Å². The lowest BCUT2D eigenvalue weighted by Gasteiger charge is -2.25. The third kappa shape index (κ3) is 3.02. The molecular formula is C11H10F3NO4. The van der Waals surface area contributed by atoms with Crippen LogP contribution in [0.25, 0.3) is 0 Å². The maximum Gasteiger partial charge on any atom is 0.426 e. The second-order valence-electron chi connectivity index (χ2n) is 3.87. The van der Waals surface area contributed by atoms with Gasteiger partial charge in [-0.15, -0.1) is 0 Å². The Bertz CT molecular complexity index is 511. The summed E-state index contributed by atoms with van der Waals surface area (Å²) in [6.45, 7) is 0.283. The highest BCUT2D eigenvalue weighted by atomic mass is 19.4. The number of aliphatic hydroxyl groups is 1. The number of hydrogen-bond acceptors (Lipinski definition) is 3. The standard InChI is InChI=1S/C11H10F3NO4/c1-10(19,11(12,13)14)9(18)15-7-5-3-2-4-6(7)8(16)17/h2-5,19H,1H3,(H,15,18)(H,16,17). The number of alkyl halides is 3. The number of amides is 1. The predicted molar refractivity (Wildman–Crippen MR) is 58.7 cm³/mol. The Morgan fingerprint density at radius 1 is 1.21 bits per heavy atom. The minimum Gasteiger partial charge on any atom is -0.478 e. The van der Waals surface area contributed by atoms with Gasteiger partial charge in [-0.2, -0.15) is 13.2 Å². The summed E-state index contributed by atoms with van der Waals surface area (Å²) < 4.78 is 37.3. The minimum absolute atomic E-state index is 0.283. The minimum atomic E-state index is -5.17. The van der Waals surface area contributed by atoms with Crippen LogP contribution >= 0.6 is 0 Å². The van der Waals surface area contributed by atoms with Crippen LogP contribution in [0.15, 0.2) is 24.3 Å². The topological polar surface area (TPSA) is 86.6 Å². The average molecular weight is 277 g/mol. The first-order valence-electron chi connectivity index (χ1n) is 5.00. The molecule has 0 aromatic heterocycles. The lowest BCUT2D eigenvalue weighted by atomic mass is 10.1. The fourth-order valence-electron chi connectivity index (χ4n) is 1.15. The van der Waals surface area contributed by atoms with Gasteiger partial charge in [-0.05, 0) is 19.1 Å². The summed E-state index contributed by atoms with van der Waals surface area (Å²) in [7, 11) is 0. The molecule has 0 aliphatic rings. The summed E-state index contributed by atoms with van der Waals surface area (Å²) in [4.78, 5) is 22.2. The molecule has 0 spiro atoms. The van der Waals surface area contributed by atoms with Gasteiger partial charge in [-0.3, -0.25) is 4.79 Å². The predicted octanol–water partition coefficient (Wildman–Crippen LogP) is 1.64. The fraction of sp³-hybridized carbons (Fsp3) is 0.273. The molecule has 0 fully saturated rings. The molecule has 0 heterocycles. The third-order valence-corrected chi connectivity index (χ3v) is 2.40. The second-order valence-corrected chi connectivity index (χ2v) is 3.87. The number of carbonyl (C=O) groups excluding carboxylic acids is 1. The van der Waals surface area contributed by atoms with Crippen molar-refractivity contribution in [3.05, 3.63) is 29.8 Å². The van der Waals surface area contributed by atoms with E-state index in [-0.39, 0.29) is 18.2 Å². The van der Waals surface area contributed by atoms with Crippen molar-refractivity contribution in [1.82, 2.24) is 0 Å². The summed E-state index contributed by atoms with van der Waals surface area (Å²) in [6.07, 6.45) is -5.17.